The third-order valence-electron chi connectivity index (χ3n) is 3.22. The first-order valence-electron chi connectivity index (χ1n) is 6.81. The zero-order valence-electron chi connectivity index (χ0n) is 12.1. The van der Waals surface area contributed by atoms with Crippen molar-refractivity contribution < 1.29 is 9.13 Å². The maximum Gasteiger partial charge on any atom is 0.135 e. The van der Waals surface area contributed by atoms with E-state index in [0.29, 0.717) is 23.0 Å². The standard InChI is InChI=1S/C17H20FNO/c1-11(2)13-6-4-7-14(10-13)20-16-9-5-8-15(18)17(16)12(3)19/h4-12H,19H2,1-3H3. The Hall–Kier alpha value is -1.87. The summed E-state index contributed by atoms with van der Waals surface area (Å²) < 4.78 is 19.7. The minimum Gasteiger partial charge on any atom is -0.457 e. The predicted octanol–water partition coefficient (Wildman–Crippen LogP) is 4.76. The van der Waals surface area contributed by atoms with Crippen LogP contribution in [0.4, 0.5) is 4.39 Å². The molecule has 106 valence electrons. The summed E-state index contributed by atoms with van der Waals surface area (Å²) >= 11 is 0. The first-order valence-corrected chi connectivity index (χ1v) is 6.81. The molecule has 0 fully saturated rings. The van der Waals surface area contributed by atoms with Gasteiger partial charge in [-0.15, -0.1) is 0 Å². The number of benzene rings is 2. The van der Waals surface area contributed by atoms with Gasteiger partial charge in [0.05, 0.1) is 0 Å². The Morgan fingerprint density at radius 2 is 1.75 bits per heavy atom. The number of halogens is 1. The molecule has 2 N–H and O–H groups in total. The van der Waals surface area contributed by atoms with Crippen LogP contribution in [0.5, 0.6) is 11.5 Å². The lowest BCUT2D eigenvalue weighted by Gasteiger charge is -2.15. The van der Waals surface area contributed by atoms with Gasteiger partial charge in [-0.3, -0.25) is 0 Å². The van der Waals surface area contributed by atoms with E-state index in [0.717, 1.165) is 0 Å². The molecule has 0 saturated heterocycles. The molecule has 0 aliphatic carbocycles. The van der Waals surface area contributed by atoms with Gasteiger partial charge in [0.15, 0.2) is 0 Å². The lowest BCUT2D eigenvalue weighted by atomic mass is 10.0. The van der Waals surface area contributed by atoms with Crippen LogP contribution in [-0.4, -0.2) is 0 Å². The highest BCUT2D eigenvalue weighted by molar-refractivity contribution is 5.41. The molecule has 0 radical (unpaired) electrons. The van der Waals surface area contributed by atoms with Crippen LogP contribution in [0.25, 0.3) is 0 Å². The van der Waals surface area contributed by atoms with E-state index < -0.39 is 6.04 Å². The van der Waals surface area contributed by atoms with E-state index in [1.54, 1.807) is 19.1 Å². The topological polar surface area (TPSA) is 35.2 Å². The van der Waals surface area contributed by atoms with E-state index in [9.17, 15) is 4.39 Å². The zero-order valence-corrected chi connectivity index (χ0v) is 12.1. The second-order valence-corrected chi connectivity index (χ2v) is 5.27. The van der Waals surface area contributed by atoms with E-state index >= 15 is 0 Å². The van der Waals surface area contributed by atoms with Crippen molar-refractivity contribution in [3.05, 3.63) is 59.4 Å². The lowest BCUT2D eigenvalue weighted by Crippen LogP contribution is -2.09. The Morgan fingerprint density at radius 3 is 2.40 bits per heavy atom. The summed E-state index contributed by atoms with van der Waals surface area (Å²) in [5.41, 5.74) is 7.41. The van der Waals surface area contributed by atoms with Crippen molar-refractivity contribution in [3.63, 3.8) is 0 Å². The first-order chi connectivity index (χ1) is 9.49. The third kappa shape index (κ3) is 3.17. The van der Waals surface area contributed by atoms with Gasteiger partial charge in [-0.2, -0.15) is 0 Å². The molecule has 0 aromatic heterocycles. The zero-order chi connectivity index (χ0) is 14.7. The molecule has 20 heavy (non-hydrogen) atoms. The maximum atomic E-state index is 13.9. The van der Waals surface area contributed by atoms with Gasteiger partial charge in [0, 0.05) is 11.6 Å². The molecule has 2 aromatic rings. The van der Waals surface area contributed by atoms with E-state index in [1.165, 1.54) is 11.6 Å². The molecule has 2 nitrogen and oxygen atoms in total. The van der Waals surface area contributed by atoms with Crippen molar-refractivity contribution in [2.75, 3.05) is 0 Å². The Balaban J connectivity index is 2.35. The number of nitrogens with two attached hydrogens (primary N) is 1. The molecule has 2 aromatic carbocycles. The van der Waals surface area contributed by atoms with E-state index in [4.69, 9.17) is 10.5 Å². The molecular formula is C17H20FNO. The molecule has 0 amide bonds. The number of ether oxygens (including phenoxy) is 1. The Kier molecular flexibility index (Phi) is 4.40. The molecule has 1 unspecified atom stereocenters. The predicted molar refractivity (Wildman–Crippen MR) is 79.6 cm³/mol. The van der Waals surface area contributed by atoms with Crippen LogP contribution in [-0.2, 0) is 0 Å². The summed E-state index contributed by atoms with van der Waals surface area (Å²) in [5.74, 6) is 1.25. The van der Waals surface area contributed by atoms with Crippen molar-refractivity contribution in [1.29, 1.82) is 0 Å². The van der Waals surface area contributed by atoms with Gasteiger partial charge in [-0.25, -0.2) is 4.39 Å². The van der Waals surface area contributed by atoms with Gasteiger partial charge in [-0.05, 0) is 42.7 Å². The van der Waals surface area contributed by atoms with E-state index in [1.807, 2.05) is 18.2 Å². The highest BCUT2D eigenvalue weighted by Crippen LogP contribution is 2.31. The molecule has 0 aliphatic heterocycles. The maximum absolute atomic E-state index is 13.9. The molecule has 0 spiro atoms. The van der Waals surface area contributed by atoms with E-state index in [-0.39, 0.29) is 5.82 Å². The van der Waals surface area contributed by atoms with Crippen LogP contribution in [0.15, 0.2) is 42.5 Å². The fourth-order valence-corrected chi connectivity index (χ4v) is 2.11. The minimum atomic E-state index is -0.417. The largest absolute Gasteiger partial charge is 0.457 e. The smallest absolute Gasteiger partial charge is 0.135 e. The molecule has 1 atom stereocenters. The Labute approximate surface area is 119 Å². The summed E-state index contributed by atoms with van der Waals surface area (Å²) in [5, 5.41) is 0. The highest BCUT2D eigenvalue weighted by Gasteiger charge is 2.14. The summed E-state index contributed by atoms with van der Waals surface area (Å²) in [6, 6.07) is 12.2. The SMILES string of the molecule is CC(C)c1cccc(Oc2cccc(F)c2C(C)N)c1. The van der Waals surface area contributed by atoms with Crippen molar-refractivity contribution in [1.82, 2.24) is 0 Å². The van der Waals surface area contributed by atoms with Crippen LogP contribution < -0.4 is 10.5 Å². The lowest BCUT2D eigenvalue weighted by molar-refractivity contribution is 0.460. The van der Waals surface area contributed by atoms with Gasteiger partial charge in [0.2, 0.25) is 0 Å². The molecule has 2 rings (SSSR count). The summed E-state index contributed by atoms with van der Waals surface area (Å²) in [7, 11) is 0. The minimum absolute atomic E-state index is 0.336. The Morgan fingerprint density at radius 1 is 1.05 bits per heavy atom. The first kappa shape index (κ1) is 14.5. The highest BCUT2D eigenvalue weighted by atomic mass is 19.1. The number of hydrogen-bond donors (Lipinski definition) is 1. The van der Waals surface area contributed by atoms with Crippen LogP contribution in [0.2, 0.25) is 0 Å². The molecule has 0 saturated carbocycles. The average Bonchev–Trinajstić information content (AvgIpc) is 2.38. The average molecular weight is 273 g/mol. The van der Waals surface area contributed by atoms with Crippen molar-refractivity contribution in [2.24, 2.45) is 5.73 Å². The summed E-state index contributed by atoms with van der Waals surface area (Å²) in [6.45, 7) is 5.99. The van der Waals surface area contributed by atoms with Gasteiger partial charge < -0.3 is 10.5 Å². The van der Waals surface area contributed by atoms with Crippen molar-refractivity contribution >= 4 is 0 Å². The van der Waals surface area contributed by atoms with Crippen molar-refractivity contribution in [3.8, 4) is 11.5 Å². The van der Waals surface area contributed by atoms with Crippen LogP contribution in [0.3, 0.4) is 0 Å². The normalized spacial score (nSPS) is 12.5. The molecule has 3 heteroatoms. The summed E-state index contributed by atoms with van der Waals surface area (Å²) in [4.78, 5) is 0. The Bertz CT molecular complexity index is 593. The summed E-state index contributed by atoms with van der Waals surface area (Å²) in [6.07, 6.45) is 0. The quantitative estimate of drug-likeness (QED) is 0.871. The van der Waals surface area contributed by atoms with E-state index in [2.05, 4.69) is 19.9 Å². The second-order valence-electron chi connectivity index (χ2n) is 5.27. The molecular weight excluding hydrogens is 253 g/mol. The molecule has 0 aliphatic rings. The third-order valence-corrected chi connectivity index (χ3v) is 3.22. The number of rotatable bonds is 4. The fourth-order valence-electron chi connectivity index (χ4n) is 2.11. The van der Waals surface area contributed by atoms with Crippen LogP contribution in [0.1, 0.15) is 43.9 Å². The second kappa shape index (κ2) is 6.06. The molecule has 0 heterocycles. The fraction of sp³-hybridized carbons (Fsp3) is 0.294. The van der Waals surface area contributed by atoms with Gasteiger partial charge in [0.25, 0.3) is 0 Å². The molecule has 0 bridgehead atoms. The van der Waals surface area contributed by atoms with Gasteiger partial charge in [0.1, 0.15) is 17.3 Å². The van der Waals surface area contributed by atoms with Crippen LogP contribution in [0, 0.1) is 5.82 Å². The van der Waals surface area contributed by atoms with Crippen LogP contribution >= 0.6 is 0 Å². The van der Waals surface area contributed by atoms with Gasteiger partial charge >= 0.3 is 0 Å². The monoisotopic (exact) mass is 273 g/mol. The van der Waals surface area contributed by atoms with Gasteiger partial charge in [-0.1, -0.05) is 32.0 Å². The van der Waals surface area contributed by atoms with Crippen molar-refractivity contribution in [2.45, 2.75) is 32.7 Å². The number of hydrogen-bond acceptors (Lipinski definition) is 2.